The predicted octanol–water partition coefficient (Wildman–Crippen LogP) is 2.34. The number of benzene rings is 1. The number of likely N-dealkylation sites (tertiary alicyclic amines) is 1. The number of nitrogens with one attached hydrogen (secondary N) is 1. The van der Waals surface area contributed by atoms with Crippen LogP contribution in [-0.4, -0.2) is 78.9 Å². The van der Waals surface area contributed by atoms with Gasteiger partial charge in [0, 0.05) is 45.9 Å². The van der Waals surface area contributed by atoms with Gasteiger partial charge in [0.05, 0.1) is 18.8 Å². The number of nitrogens with zero attached hydrogens (tertiary/aromatic N) is 3. The van der Waals surface area contributed by atoms with Crippen molar-refractivity contribution in [3.63, 3.8) is 0 Å². The second-order valence-electron chi connectivity index (χ2n) is 8.20. The number of aliphatic hydroxyl groups excluding tert-OH is 1. The van der Waals surface area contributed by atoms with Gasteiger partial charge in [-0.1, -0.05) is 43.7 Å². The number of morpholine rings is 1. The van der Waals surface area contributed by atoms with Crippen molar-refractivity contribution in [1.82, 2.24) is 15.1 Å². The average Bonchev–Trinajstić information content (AvgIpc) is 3.17. The maximum Gasteiger partial charge on any atom is 0.194 e. The molecule has 2 N–H and O–H groups in total. The fourth-order valence-corrected chi connectivity index (χ4v) is 4.50. The minimum absolute atomic E-state index is 0.236. The third-order valence-electron chi connectivity index (χ3n) is 6.01. The Morgan fingerprint density at radius 1 is 1.24 bits per heavy atom. The average molecular weight is 403 g/mol. The van der Waals surface area contributed by atoms with E-state index < -0.39 is 0 Å². The predicted molar refractivity (Wildman–Crippen MR) is 118 cm³/mol. The summed E-state index contributed by atoms with van der Waals surface area (Å²) in [5.74, 6) is 1.44. The zero-order valence-electron chi connectivity index (χ0n) is 18.1. The van der Waals surface area contributed by atoms with E-state index >= 15 is 0 Å². The van der Waals surface area contributed by atoms with Crippen LogP contribution in [0.15, 0.2) is 35.3 Å². The summed E-state index contributed by atoms with van der Waals surface area (Å²) in [6.45, 7) is 10.8. The van der Waals surface area contributed by atoms with Crippen LogP contribution in [0.5, 0.6) is 0 Å². The van der Waals surface area contributed by atoms with Gasteiger partial charge < -0.3 is 20.1 Å². The molecule has 0 aromatic heterocycles. The van der Waals surface area contributed by atoms with Crippen LogP contribution in [0.1, 0.15) is 38.7 Å². The van der Waals surface area contributed by atoms with Crippen LogP contribution < -0.4 is 5.32 Å². The quantitative estimate of drug-likeness (QED) is 0.490. The van der Waals surface area contributed by atoms with E-state index in [-0.39, 0.29) is 12.7 Å². The number of fused-ring (bicyclic) bond motifs is 1. The summed E-state index contributed by atoms with van der Waals surface area (Å²) in [4.78, 5) is 9.88. The maximum absolute atomic E-state index is 9.34. The molecule has 2 aliphatic rings. The molecule has 29 heavy (non-hydrogen) atoms. The molecule has 1 aromatic carbocycles. The van der Waals surface area contributed by atoms with Crippen LogP contribution in [-0.2, 0) is 11.3 Å². The van der Waals surface area contributed by atoms with E-state index in [0.717, 1.165) is 71.1 Å². The Bertz CT molecular complexity index is 619. The lowest BCUT2D eigenvalue weighted by molar-refractivity contribution is -0.0502. The van der Waals surface area contributed by atoms with Crippen molar-refractivity contribution in [2.24, 2.45) is 10.9 Å². The molecular formula is C23H38N4O2. The van der Waals surface area contributed by atoms with Gasteiger partial charge in [-0.05, 0) is 31.2 Å². The van der Waals surface area contributed by atoms with Gasteiger partial charge in [-0.15, -0.1) is 0 Å². The molecule has 2 heterocycles. The topological polar surface area (TPSA) is 60.3 Å². The molecule has 0 spiro atoms. The van der Waals surface area contributed by atoms with Gasteiger partial charge in [0.1, 0.15) is 0 Å². The van der Waals surface area contributed by atoms with Crippen molar-refractivity contribution in [1.29, 1.82) is 0 Å². The van der Waals surface area contributed by atoms with E-state index in [9.17, 15) is 5.11 Å². The fraction of sp³-hybridized carbons (Fsp3) is 0.696. The van der Waals surface area contributed by atoms with Gasteiger partial charge >= 0.3 is 0 Å². The Labute approximate surface area is 175 Å². The summed E-state index contributed by atoms with van der Waals surface area (Å²) in [5.41, 5.74) is 1.36. The van der Waals surface area contributed by atoms with Crippen molar-refractivity contribution >= 4 is 5.96 Å². The normalized spacial score (nSPS) is 23.8. The van der Waals surface area contributed by atoms with E-state index in [1.54, 1.807) is 0 Å². The van der Waals surface area contributed by atoms with Crippen LogP contribution in [0.4, 0.5) is 0 Å². The summed E-state index contributed by atoms with van der Waals surface area (Å²) in [6.07, 6.45) is 3.31. The number of guanidine groups is 1. The summed E-state index contributed by atoms with van der Waals surface area (Å²) in [6, 6.07) is 11.1. The largest absolute Gasteiger partial charge is 0.396 e. The minimum Gasteiger partial charge on any atom is -0.396 e. The standard InChI is InChI=1S/C23H38N4O2/c1-3-8-19(11-13-28)15-25-23(24-4-2)27-17-21-22(18-27)29-14-12-26(21)16-20-9-6-5-7-10-20/h5-7,9-10,19,21-22,28H,3-4,8,11-18H2,1-2H3,(H,24,25). The Kier molecular flexibility index (Phi) is 8.77. The Morgan fingerprint density at radius 3 is 2.79 bits per heavy atom. The van der Waals surface area contributed by atoms with Crippen LogP contribution in [0.3, 0.4) is 0 Å². The third kappa shape index (κ3) is 6.17. The summed E-state index contributed by atoms with van der Waals surface area (Å²) < 4.78 is 6.13. The zero-order chi connectivity index (χ0) is 20.5. The number of ether oxygens (including phenoxy) is 1. The lowest BCUT2D eigenvalue weighted by Crippen LogP contribution is -2.50. The van der Waals surface area contributed by atoms with E-state index in [2.05, 4.69) is 59.3 Å². The molecule has 0 aliphatic carbocycles. The highest BCUT2D eigenvalue weighted by Gasteiger charge is 2.41. The molecule has 2 aliphatic heterocycles. The summed E-state index contributed by atoms with van der Waals surface area (Å²) in [5, 5.41) is 12.8. The van der Waals surface area contributed by atoms with Crippen LogP contribution in [0.2, 0.25) is 0 Å². The van der Waals surface area contributed by atoms with Crippen molar-refractivity contribution in [2.45, 2.75) is 51.8 Å². The molecule has 2 fully saturated rings. The van der Waals surface area contributed by atoms with Gasteiger partial charge in [0.25, 0.3) is 0 Å². The highest BCUT2D eigenvalue weighted by molar-refractivity contribution is 5.80. The molecule has 0 saturated carbocycles. The molecule has 3 unspecified atom stereocenters. The Balaban J connectivity index is 1.65. The first-order chi connectivity index (χ1) is 14.2. The van der Waals surface area contributed by atoms with Gasteiger partial charge in [0.2, 0.25) is 0 Å². The number of aliphatic hydroxyl groups is 1. The molecule has 3 atom stereocenters. The number of hydrogen-bond donors (Lipinski definition) is 2. The molecule has 1 aromatic rings. The first kappa shape index (κ1) is 22.1. The first-order valence-electron chi connectivity index (χ1n) is 11.3. The Hall–Kier alpha value is -1.63. The molecule has 2 saturated heterocycles. The van der Waals surface area contributed by atoms with Gasteiger partial charge in [0.15, 0.2) is 5.96 Å². The van der Waals surface area contributed by atoms with Gasteiger partial charge in [-0.3, -0.25) is 9.89 Å². The van der Waals surface area contributed by atoms with Crippen molar-refractivity contribution in [3.8, 4) is 0 Å². The van der Waals surface area contributed by atoms with Gasteiger partial charge in [-0.2, -0.15) is 0 Å². The summed E-state index contributed by atoms with van der Waals surface area (Å²) in [7, 11) is 0. The minimum atomic E-state index is 0.236. The smallest absolute Gasteiger partial charge is 0.194 e. The third-order valence-corrected chi connectivity index (χ3v) is 6.01. The summed E-state index contributed by atoms with van der Waals surface area (Å²) >= 11 is 0. The van der Waals surface area contributed by atoms with E-state index in [4.69, 9.17) is 9.73 Å². The molecule has 6 heteroatoms. The Morgan fingerprint density at radius 2 is 2.07 bits per heavy atom. The number of aliphatic imine (C=N–C) groups is 1. The highest BCUT2D eigenvalue weighted by atomic mass is 16.5. The monoisotopic (exact) mass is 402 g/mol. The molecule has 6 nitrogen and oxygen atoms in total. The molecule has 0 bridgehead atoms. The highest BCUT2D eigenvalue weighted by Crippen LogP contribution is 2.25. The van der Waals surface area contributed by atoms with Crippen LogP contribution in [0.25, 0.3) is 0 Å². The molecular weight excluding hydrogens is 364 g/mol. The molecule has 0 amide bonds. The zero-order valence-corrected chi connectivity index (χ0v) is 18.1. The van der Waals surface area contributed by atoms with E-state index in [1.807, 2.05) is 0 Å². The van der Waals surface area contributed by atoms with Crippen LogP contribution in [0, 0.1) is 5.92 Å². The number of rotatable bonds is 9. The number of hydrogen-bond acceptors (Lipinski definition) is 4. The van der Waals surface area contributed by atoms with E-state index in [0.29, 0.717) is 12.0 Å². The fourth-order valence-electron chi connectivity index (χ4n) is 4.50. The van der Waals surface area contributed by atoms with Crippen molar-refractivity contribution < 1.29 is 9.84 Å². The first-order valence-corrected chi connectivity index (χ1v) is 11.3. The molecule has 3 rings (SSSR count). The van der Waals surface area contributed by atoms with Crippen molar-refractivity contribution in [2.75, 3.05) is 45.9 Å². The SMILES string of the molecule is CCCC(CCO)CN=C(NCC)N1CC2OCCN(Cc3ccccc3)C2C1. The lowest BCUT2D eigenvalue weighted by Gasteiger charge is -2.36. The second kappa shape index (κ2) is 11.5. The van der Waals surface area contributed by atoms with Crippen molar-refractivity contribution in [3.05, 3.63) is 35.9 Å². The molecule has 0 radical (unpaired) electrons. The lowest BCUT2D eigenvalue weighted by atomic mass is 10.0. The van der Waals surface area contributed by atoms with E-state index in [1.165, 1.54) is 5.56 Å². The van der Waals surface area contributed by atoms with Crippen LogP contribution >= 0.6 is 0 Å². The van der Waals surface area contributed by atoms with Gasteiger partial charge in [-0.25, -0.2) is 0 Å². The maximum atomic E-state index is 9.34. The second-order valence-corrected chi connectivity index (χ2v) is 8.20. The molecule has 162 valence electrons.